The molecule has 1 N–H and O–H groups in total. The van der Waals surface area contributed by atoms with Crippen LogP contribution < -0.4 is 5.32 Å². The smallest absolute Gasteiger partial charge is 0.323 e. The first kappa shape index (κ1) is 16.0. The lowest BCUT2D eigenvalue weighted by Crippen LogP contribution is -2.49. The van der Waals surface area contributed by atoms with Crippen molar-refractivity contribution in [1.29, 1.82) is 0 Å². The number of urea groups is 1. The van der Waals surface area contributed by atoms with Crippen molar-refractivity contribution >= 4 is 29.3 Å². The van der Waals surface area contributed by atoms with E-state index >= 15 is 0 Å². The lowest BCUT2D eigenvalue weighted by molar-refractivity contribution is -0.132. The van der Waals surface area contributed by atoms with Crippen LogP contribution in [-0.4, -0.2) is 34.7 Å². The van der Waals surface area contributed by atoms with Gasteiger partial charge in [-0.15, -0.1) is 0 Å². The number of imide groups is 1. The van der Waals surface area contributed by atoms with Crippen LogP contribution in [0, 0.1) is 5.92 Å². The minimum absolute atomic E-state index is 0.233. The fourth-order valence-corrected chi connectivity index (χ4v) is 3.41. The maximum Gasteiger partial charge on any atom is 0.325 e. The summed E-state index contributed by atoms with van der Waals surface area (Å²) in [5.74, 6) is 0.0261. The van der Waals surface area contributed by atoms with Crippen molar-refractivity contribution in [3.05, 3.63) is 34.9 Å². The fraction of sp³-hybridized carbons (Fsp3) is 0.471. The van der Waals surface area contributed by atoms with Crippen LogP contribution in [0.25, 0.3) is 0 Å². The number of benzene rings is 1. The third-order valence-corrected chi connectivity index (χ3v) is 5.09. The summed E-state index contributed by atoms with van der Waals surface area (Å²) in [6.07, 6.45) is 3.10. The fourth-order valence-electron chi connectivity index (χ4n) is 3.28. The number of rotatable bonds is 3. The van der Waals surface area contributed by atoms with Gasteiger partial charge in [0.05, 0.1) is 6.54 Å². The zero-order valence-electron chi connectivity index (χ0n) is 13.0. The summed E-state index contributed by atoms with van der Waals surface area (Å²) < 4.78 is 0. The van der Waals surface area contributed by atoms with Crippen LogP contribution in [0.4, 0.5) is 4.79 Å². The molecule has 3 amide bonds. The highest BCUT2D eigenvalue weighted by atomic mass is 35.5. The van der Waals surface area contributed by atoms with Gasteiger partial charge in [-0.25, -0.2) is 4.79 Å². The Balaban J connectivity index is 1.73. The molecule has 1 aromatic rings. The highest BCUT2D eigenvalue weighted by Crippen LogP contribution is 2.36. The van der Waals surface area contributed by atoms with Gasteiger partial charge in [0, 0.05) is 10.6 Å². The number of Topliss-reactive ketones (excluding diaryl/α,β-unsaturated/α-hetero) is 1. The Bertz CT molecular complexity index is 648. The number of amides is 3. The van der Waals surface area contributed by atoms with Crippen LogP contribution in [0.1, 0.15) is 43.0 Å². The minimum atomic E-state index is -0.802. The number of hydrogen-bond donors (Lipinski definition) is 1. The third kappa shape index (κ3) is 2.98. The van der Waals surface area contributed by atoms with E-state index in [1.54, 1.807) is 24.3 Å². The Morgan fingerprint density at radius 2 is 1.87 bits per heavy atom. The molecule has 6 heteroatoms. The average Bonchev–Trinajstić information content (AvgIpc) is 2.75. The third-order valence-electron chi connectivity index (χ3n) is 4.84. The van der Waals surface area contributed by atoms with Crippen molar-refractivity contribution in [2.75, 3.05) is 6.54 Å². The standard InChI is InChI=1S/C17H19ClN2O3/c1-11-6-8-17(9-7-11)15(22)20(16(23)19-17)10-14(21)12-2-4-13(18)5-3-12/h2-5,11H,6-10H2,1H3,(H,19,23). The van der Waals surface area contributed by atoms with E-state index in [9.17, 15) is 14.4 Å². The molecule has 5 nitrogen and oxygen atoms in total. The van der Waals surface area contributed by atoms with E-state index in [0.29, 0.717) is 29.3 Å². The van der Waals surface area contributed by atoms with Crippen LogP contribution in [0.2, 0.25) is 5.02 Å². The van der Waals surface area contributed by atoms with Gasteiger partial charge in [-0.05, 0) is 55.9 Å². The molecule has 1 saturated carbocycles. The molecule has 0 radical (unpaired) electrons. The van der Waals surface area contributed by atoms with E-state index in [4.69, 9.17) is 11.6 Å². The molecule has 0 atom stereocenters. The molecule has 122 valence electrons. The quantitative estimate of drug-likeness (QED) is 0.682. The Morgan fingerprint density at radius 1 is 1.26 bits per heavy atom. The van der Waals surface area contributed by atoms with Crippen molar-refractivity contribution in [2.45, 2.75) is 38.1 Å². The number of nitrogens with zero attached hydrogens (tertiary/aromatic N) is 1. The maximum atomic E-state index is 12.7. The number of carbonyl (C=O) groups excluding carboxylic acids is 3. The molecule has 3 rings (SSSR count). The summed E-state index contributed by atoms with van der Waals surface area (Å²) >= 11 is 5.80. The number of carbonyl (C=O) groups is 3. The molecule has 1 spiro atoms. The van der Waals surface area contributed by atoms with Gasteiger partial charge in [0.25, 0.3) is 5.91 Å². The lowest BCUT2D eigenvalue weighted by Gasteiger charge is -2.33. The molecular formula is C17H19ClN2O3. The summed E-state index contributed by atoms with van der Waals surface area (Å²) in [5, 5.41) is 3.35. The van der Waals surface area contributed by atoms with Crippen LogP contribution >= 0.6 is 11.6 Å². The highest BCUT2D eigenvalue weighted by molar-refractivity contribution is 6.30. The summed E-state index contributed by atoms with van der Waals surface area (Å²) in [6.45, 7) is 1.92. The first-order valence-electron chi connectivity index (χ1n) is 7.84. The normalized spacial score (nSPS) is 27.4. The first-order valence-corrected chi connectivity index (χ1v) is 8.22. The molecule has 1 heterocycles. The van der Waals surface area contributed by atoms with Crippen LogP contribution in [-0.2, 0) is 4.79 Å². The summed E-state index contributed by atoms with van der Waals surface area (Å²) in [6, 6.07) is 5.96. The van der Waals surface area contributed by atoms with Crippen molar-refractivity contribution in [3.8, 4) is 0 Å². The Hall–Kier alpha value is -1.88. The molecule has 1 saturated heterocycles. The maximum absolute atomic E-state index is 12.7. The zero-order chi connectivity index (χ0) is 16.6. The molecule has 2 aliphatic rings. The van der Waals surface area contributed by atoms with Crippen LogP contribution in [0.3, 0.4) is 0 Å². The second-order valence-electron chi connectivity index (χ2n) is 6.52. The minimum Gasteiger partial charge on any atom is -0.323 e. The number of nitrogens with one attached hydrogen (secondary N) is 1. The molecule has 0 aromatic heterocycles. The first-order chi connectivity index (χ1) is 10.9. The lowest BCUT2D eigenvalue weighted by atomic mass is 9.77. The van der Waals surface area contributed by atoms with Gasteiger partial charge in [0.15, 0.2) is 5.78 Å². The monoisotopic (exact) mass is 334 g/mol. The molecule has 0 unspecified atom stereocenters. The van der Waals surface area contributed by atoms with Gasteiger partial charge in [-0.1, -0.05) is 18.5 Å². The molecule has 0 bridgehead atoms. The van der Waals surface area contributed by atoms with Crippen molar-refractivity contribution in [2.24, 2.45) is 5.92 Å². The Labute approximate surface area is 140 Å². The molecule has 1 aliphatic heterocycles. The molecule has 2 fully saturated rings. The largest absolute Gasteiger partial charge is 0.325 e. The van der Waals surface area contributed by atoms with E-state index in [1.807, 2.05) is 0 Å². The average molecular weight is 335 g/mol. The van der Waals surface area contributed by atoms with E-state index in [-0.39, 0.29) is 18.2 Å². The van der Waals surface area contributed by atoms with E-state index in [0.717, 1.165) is 17.7 Å². The van der Waals surface area contributed by atoms with Gasteiger partial charge < -0.3 is 5.32 Å². The SMILES string of the molecule is CC1CCC2(CC1)NC(=O)N(CC(=O)c1ccc(Cl)cc1)C2=O. The molecular weight excluding hydrogens is 316 g/mol. The molecule has 23 heavy (non-hydrogen) atoms. The van der Waals surface area contributed by atoms with Crippen molar-refractivity contribution in [1.82, 2.24) is 10.2 Å². The van der Waals surface area contributed by atoms with E-state index in [1.165, 1.54) is 0 Å². The van der Waals surface area contributed by atoms with Gasteiger partial charge in [0.1, 0.15) is 5.54 Å². The number of halogens is 1. The number of hydrogen-bond acceptors (Lipinski definition) is 3. The predicted octanol–water partition coefficient (Wildman–Crippen LogP) is 3.02. The van der Waals surface area contributed by atoms with Gasteiger partial charge in [-0.2, -0.15) is 0 Å². The summed E-state index contributed by atoms with van der Waals surface area (Å²) in [5.41, 5.74) is -0.364. The Kier molecular flexibility index (Phi) is 4.15. The summed E-state index contributed by atoms with van der Waals surface area (Å²) in [7, 11) is 0. The second kappa shape index (κ2) is 5.96. The predicted molar refractivity (Wildman–Crippen MR) is 86.4 cm³/mol. The highest BCUT2D eigenvalue weighted by Gasteiger charge is 2.52. The van der Waals surface area contributed by atoms with Crippen LogP contribution in [0.15, 0.2) is 24.3 Å². The van der Waals surface area contributed by atoms with Crippen LogP contribution in [0.5, 0.6) is 0 Å². The zero-order valence-corrected chi connectivity index (χ0v) is 13.7. The van der Waals surface area contributed by atoms with Crippen molar-refractivity contribution in [3.63, 3.8) is 0 Å². The van der Waals surface area contributed by atoms with Gasteiger partial charge in [0.2, 0.25) is 0 Å². The molecule has 1 aliphatic carbocycles. The topological polar surface area (TPSA) is 66.5 Å². The number of ketones is 1. The summed E-state index contributed by atoms with van der Waals surface area (Å²) in [4.78, 5) is 38.2. The van der Waals surface area contributed by atoms with Crippen molar-refractivity contribution < 1.29 is 14.4 Å². The van der Waals surface area contributed by atoms with Gasteiger partial charge in [-0.3, -0.25) is 14.5 Å². The second-order valence-corrected chi connectivity index (χ2v) is 6.95. The van der Waals surface area contributed by atoms with E-state index in [2.05, 4.69) is 12.2 Å². The van der Waals surface area contributed by atoms with Gasteiger partial charge >= 0.3 is 6.03 Å². The molecule has 1 aromatic carbocycles. The van der Waals surface area contributed by atoms with E-state index < -0.39 is 11.6 Å². The Morgan fingerprint density at radius 3 is 2.48 bits per heavy atom.